The summed E-state index contributed by atoms with van der Waals surface area (Å²) in [6, 6.07) is 7.87. The number of hydrogen-bond donors (Lipinski definition) is 1. The molecule has 0 unspecified atom stereocenters. The van der Waals surface area contributed by atoms with E-state index in [-0.39, 0.29) is 6.42 Å². The van der Waals surface area contributed by atoms with Crippen molar-refractivity contribution in [3.63, 3.8) is 0 Å². The van der Waals surface area contributed by atoms with Crippen molar-refractivity contribution in [3.05, 3.63) is 53.6 Å². The second-order valence-corrected chi connectivity index (χ2v) is 5.01. The Balaban J connectivity index is 1.74. The number of unbranched alkanes of at least 4 members (excludes halogenated alkanes) is 1. The zero-order chi connectivity index (χ0) is 14.4. The van der Waals surface area contributed by atoms with Gasteiger partial charge in [-0.2, -0.15) is 0 Å². The highest BCUT2D eigenvalue weighted by molar-refractivity contribution is 5.70. The lowest BCUT2D eigenvalue weighted by atomic mass is 10.0. The van der Waals surface area contributed by atoms with E-state index in [0.29, 0.717) is 0 Å². The molecule has 0 radical (unpaired) electrons. The quantitative estimate of drug-likeness (QED) is 0.788. The number of aryl methyl sites for hydroxylation is 3. The minimum Gasteiger partial charge on any atom is -0.481 e. The van der Waals surface area contributed by atoms with Crippen LogP contribution in [-0.4, -0.2) is 20.6 Å². The fraction of sp³-hybridized carbons (Fsp3) is 0.375. The van der Waals surface area contributed by atoms with E-state index in [0.717, 1.165) is 37.2 Å². The van der Waals surface area contributed by atoms with Gasteiger partial charge in [-0.25, -0.2) is 4.98 Å². The number of benzene rings is 1. The number of rotatable bonds is 7. The van der Waals surface area contributed by atoms with Gasteiger partial charge in [0, 0.05) is 18.9 Å². The zero-order valence-corrected chi connectivity index (χ0v) is 11.7. The minimum atomic E-state index is -0.784. The summed E-state index contributed by atoms with van der Waals surface area (Å²) in [5.41, 5.74) is 2.12. The van der Waals surface area contributed by atoms with Gasteiger partial charge in [-0.15, -0.1) is 0 Å². The largest absolute Gasteiger partial charge is 0.481 e. The van der Waals surface area contributed by atoms with Gasteiger partial charge in [-0.1, -0.05) is 24.3 Å². The topological polar surface area (TPSA) is 55.1 Å². The van der Waals surface area contributed by atoms with Gasteiger partial charge >= 0.3 is 5.97 Å². The molecule has 2 aromatic rings. The Bertz CT molecular complexity index is 558. The predicted molar refractivity (Wildman–Crippen MR) is 77.7 cm³/mol. The summed E-state index contributed by atoms with van der Waals surface area (Å²) in [5, 5.41) is 8.71. The van der Waals surface area contributed by atoms with E-state index in [1.807, 2.05) is 43.6 Å². The normalized spacial score (nSPS) is 10.7. The summed E-state index contributed by atoms with van der Waals surface area (Å²) in [6.07, 6.45) is 7.21. The molecule has 106 valence electrons. The Hall–Kier alpha value is -2.10. The molecule has 0 aliphatic heterocycles. The number of carboxylic acid groups (broad SMARTS) is 1. The Kier molecular flexibility index (Phi) is 4.93. The number of aliphatic carboxylic acids is 1. The van der Waals surface area contributed by atoms with Gasteiger partial charge in [-0.3, -0.25) is 4.79 Å². The monoisotopic (exact) mass is 272 g/mol. The first-order valence-electron chi connectivity index (χ1n) is 6.92. The molecule has 1 N–H and O–H groups in total. The Morgan fingerprint density at radius 3 is 2.50 bits per heavy atom. The highest BCUT2D eigenvalue weighted by Gasteiger charge is 2.01. The predicted octanol–water partition coefficient (Wildman–Crippen LogP) is 2.84. The maximum atomic E-state index is 10.6. The molecule has 1 heterocycles. The molecule has 4 heteroatoms. The molecular formula is C16H20N2O2. The summed E-state index contributed by atoms with van der Waals surface area (Å²) in [4.78, 5) is 14.8. The number of imidazole rings is 1. The number of carboxylic acids is 1. The van der Waals surface area contributed by atoms with Crippen molar-refractivity contribution in [2.45, 2.75) is 39.2 Å². The van der Waals surface area contributed by atoms with Gasteiger partial charge in [0.1, 0.15) is 5.82 Å². The van der Waals surface area contributed by atoms with Crippen LogP contribution < -0.4 is 0 Å². The van der Waals surface area contributed by atoms with Crippen LogP contribution in [0.25, 0.3) is 0 Å². The molecule has 20 heavy (non-hydrogen) atoms. The van der Waals surface area contributed by atoms with Crippen LogP contribution >= 0.6 is 0 Å². The smallest absolute Gasteiger partial charge is 0.307 e. The van der Waals surface area contributed by atoms with Crippen LogP contribution in [0, 0.1) is 6.92 Å². The average Bonchev–Trinajstić information content (AvgIpc) is 2.82. The lowest BCUT2D eigenvalue weighted by Gasteiger charge is -2.05. The van der Waals surface area contributed by atoms with E-state index < -0.39 is 5.97 Å². The third kappa shape index (κ3) is 4.23. The van der Waals surface area contributed by atoms with Crippen LogP contribution in [0.4, 0.5) is 0 Å². The number of hydrogen-bond acceptors (Lipinski definition) is 2. The summed E-state index contributed by atoms with van der Waals surface area (Å²) in [7, 11) is 0. The van der Waals surface area contributed by atoms with E-state index in [4.69, 9.17) is 5.11 Å². The van der Waals surface area contributed by atoms with Gasteiger partial charge in [0.05, 0.1) is 6.42 Å². The summed E-state index contributed by atoms with van der Waals surface area (Å²) < 4.78 is 2.16. The first kappa shape index (κ1) is 14.3. The van der Waals surface area contributed by atoms with Crippen LogP contribution in [0.2, 0.25) is 0 Å². The molecule has 0 fully saturated rings. The fourth-order valence-corrected chi connectivity index (χ4v) is 2.25. The van der Waals surface area contributed by atoms with Gasteiger partial charge in [-0.05, 0) is 37.3 Å². The molecule has 1 aromatic heterocycles. The van der Waals surface area contributed by atoms with Crippen LogP contribution in [0.5, 0.6) is 0 Å². The molecule has 2 rings (SSSR count). The van der Waals surface area contributed by atoms with Crippen molar-refractivity contribution in [3.8, 4) is 0 Å². The third-order valence-electron chi connectivity index (χ3n) is 3.42. The molecule has 0 saturated heterocycles. The molecule has 4 nitrogen and oxygen atoms in total. The Morgan fingerprint density at radius 1 is 1.20 bits per heavy atom. The maximum absolute atomic E-state index is 10.6. The summed E-state index contributed by atoms with van der Waals surface area (Å²) in [6.45, 7) is 3.02. The van der Waals surface area contributed by atoms with Gasteiger partial charge in [0.15, 0.2) is 0 Å². The number of aromatic nitrogens is 2. The maximum Gasteiger partial charge on any atom is 0.307 e. The number of nitrogens with zero attached hydrogens (tertiary/aromatic N) is 2. The highest BCUT2D eigenvalue weighted by atomic mass is 16.4. The van der Waals surface area contributed by atoms with Crippen LogP contribution in [-0.2, 0) is 24.2 Å². The molecule has 0 amide bonds. The van der Waals surface area contributed by atoms with Crippen molar-refractivity contribution >= 4 is 5.97 Å². The summed E-state index contributed by atoms with van der Waals surface area (Å²) in [5.74, 6) is 0.275. The Labute approximate surface area is 119 Å². The second-order valence-electron chi connectivity index (χ2n) is 5.01. The third-order valence-corrected chi connectivity index (χ3v) is 3.42. The first-order chi connectivity index (χ1) is 9.65. The Morgan fingerprint density at radius 2 is 1.90 bits per heavy atom. The van der Waals surface area contributed by atoms with E-state index in [1.165, 1.54) is 5.56 Å². The lowest BCUT2D eigenvalue weighted by Crippen LogP contribution is -2.01. The minimum absolute atomic E-state index is 0.0974. The second kappa shape index (κ2) is 6.89. The van der Waals surface area contributed by atoms with Gasteiger partial charge < -0.3 is 9.67 Å². The molecule has 0 aliphatic rings. The van der Waals surface area contributed by atoms with Crippen molar-refractivity contribution in [1.82, 2.24) is 9.55 Å². The van der Waals surface area contributed by atoms with E-state index >= 15 is 0 Å². The average molecular weight is 272 g/mol. The van der Waals surface area contributed by atoms with Crippen molar-refractivity contribution in [2.24, 2.45) is 0 Å². The van der Waals surface area contributed by atoms with Gasteiger partial charge in [0.2, 0.25) is 0 Å². The fourth-order valence-electron chi connectivity index (χ4n) is 2.25. The standard InChI is InChI=1S/C16H20N2O2/c1-13-17-9-11-18(13)10-3-2-4-14-5-7-15(8-6-14)12-16(19)20/h5-9,11H,2-4,10,12H2,1H3,(H,19,20). The van der Waals surface area contributed by atoms with Gasteiger partial charge in [0.25, 0.3) is 0 Å². The molecule has 0 aliphatic carbocycles. The lowest BCUT2D eigenvalue weighted by molar-refractivity contribution is -0.136. The van der Waals surface area contributed by atoms with Crippen LogP contribution in [0.15, 0.2) is 36.7 Å². The van der Waals surface area contributed by atoms with E-state index in [9.17, 15) is 4.79 Å². The molecular weight excluding hydrogens is 252 g/mol. The molecule has 0 spiro atoms. The van der Waals surface area contributed by atoms with E-state index in [1.54, 1.807) is 0 Å². The van der Waals surface area contributed by atoms with Crippen LogP contribution in [0.1, 0.15) is 29.8 Å². The molecule has 0 atom stereocenters. The van der Waals surface area contributed by atoms with Crippen LogP contribution in [0.3, 0.4) is 0 Å². The van der Waals surface area contributed by atoms with Crippen molar-refractivity contribution in [1.29, 1.82) is 0 Å². The molecule has 0 saturated carbocycles. The first-order valence-corrected chi connectivity index (χ1v) is 6.92. The molecule has 1 aromatic carbocycles. The van der Waals surface area contributed by atoms with E-state index in [2.05, 4.69) is 9.55 Å². The zero-order valence-electron chi connectivity index (χ0n) is 11.7. The summed E-state index contributed by atoms with van der Waals surface area (Å²) >= 11 is 0. The molecule has 0 bridgehead atoms. The number of carbonyl (C=O) groups is 1. The highest BCUT2D eigenvalue weighted by Crippen LogP contribution is 2.09. The van der Waals surface area contributed by atoms with Crippen molar-refractivity contribution < 1.29 is 9.90 Å². The van der Waals surface area contributed by atoms with Crippen molar-refractivity contribution in [2.75, 3.05) is 0 Å². The SMILES string of the molecule is Cc1nccn1CCCCc1ccc(CC(=O)O)cc1.